The summed E-state index contributed by atoms with van der Waals surface area (Å²) in [6.07, 6.45) is 27.0. The van der Waals surface area contributed by atoms with Crippen LogP contribution in [-0.2, 0) is 0 Å². The molecule has 0 nitrogen and oxygen atoms in total. The van der Waals surface area contributed by atoms with Gasteiger partial charge < -0.3 is 0 Å². The van der Waals surface area contributed by atoms with Crippen molar-refractivity contribution in [1.29, 1.82) is 0 Å². The number of fused-ring (bicyclic) bond motifs is 5. The summed E-state index contributed by atoms with van der Waals surface area (Å²) in [6, 6.07) is 0. The van der Waals surface area contributed by atoms with Crippen LogP contribution in [0.25, 0.3) is 0 Å². The van der Waals surface area contributed by atoms with Crippen molar-refractivity contribution < 1.29 is 0 Å². The van der Waals surface area contributed by atoms with E-state index in [1.54, 1.807) is 11.1 Å². The molecule has 6 atom stereocenters. The summed E-state index contributed by atoms with van der Waals surface area (Å²) in [4.78, 5) is 0. The van der Waals surface area contributed by atoms with Crippen LogP contribution in [0.15, 0.2) is 48.1 Å². The van der Waals surface area contributed by atoms with Crippen molar-refractivity contribution in [3.63, 3.8) is 0 Å². The molecule has 5 aliphatic carbocycles. The van der Waals surface area contributed by atoms with E-state index < -0.39 is 0 Å². The van der Waals surface area contributed by atoms with E-state index in [1.807, 2.05) is 13.8 Å². The number of rotatable bonds is 3. The second kappa shape index (κ2) is 12.8. The quantitative estimate of drug-likeness (QED) is 0.363. The number of hydrogen-bond acceptors (Lipinski definition) is 0. The molecule has 0 aromatic carbocycles. The molecule has 0 bridgehead atoms. The molecule has 0 aromatic heterocycles. The zero-order chi connectivity index (χ0) is 24.1. The first-order valence-corrected chi connectivity index (χ1v) is 14.7. The summed E-state index contributed by atoms with van der Waals surface area (Å²) < 4.78 is 0. The molecule has 0 aliphatic heterocycles. The van der Waals surface area contributed by atoms with Gasteiger partial charge in [0.1, 0.15) is 0 Å². The van der Waals surface area contributed by atoms with Gasteiger partial charge in [-0.3, -0.25) is 0 Å². The lowest BCUT2D eigenvalue weighted by molar-refractivity contribution is -0.0281. The molecular weight excluding hydrogens is 408 g/mol. The molecule has 0 heterocycles. The highest BCUT2D eigenvalue weighted by Gasteiger charge is 2.58. The first kappa shape index (κ1) is 29.2. The van der Waals surface area contributed by atoms with E-state index in [1.165, 1.54) is 95.5 Å². The maximum atomic E-state index is 4.52. The van der Waals surface area contributed by atoms with Gasteiger partial charge in [-0.05, 0) is 79.6 Å². The predicted octanol–water partition coefficient (Wildman–Crippen LogP) is 11.3. The topological polar surface area (TPSA) is 0 Å². The van der Waals surface area contributed by atoms with E-state index in [0.717, 1.165) is 23.7 Å². The predicted molar refractivity (Wildman–Crippen MR) is 154 cm³/mol. The van der Waals surface area contributed by atoms with Crippen molar-refractivity contribution in [1.82, 2.24) is 0 Å². The molecule has 0 heteroatoms. The summed E-state index contributed by atoms with van der Waals surface area (Å²) in [5.41, 5.74) is 5.23. The average Bonchev–Trinajstić information content (AvgIpc) is 3.20. The van der Waals surface area contributed by atoms with Crippen LogP contribution in [0, 0.1) is 34.5 Å². The highest BCUT2D eigenvalue weighted by atomic mass is 14.6. The van der Waals surface area contributed by atoms with Gasteiger partial charge in [-0.25, -0.2) is 0 Å². The van der Waals surface area contributed by atoms with Gasteiger partial charge in [-0.15, -0.1) is 0 Å². The third-order valence-corrected chi connectivity index (χ3v) is 10.2. The normalized spacial score (nSPS) is 37.8. The van der Waals surface area contributed by atoms with Gasteiger partial charge in [0.2, 0.25) is 0 Å². The lowest BCUT2D eigenvalue weighted by Crippen LogP contribution is -2.49. The number of allylic oxidation sites excluding steroid dienone is 6. The molecular formula is C34H58. The van der Waals surface area contributed by atoms with E-state index in [-0.39, 0.29) is 7.43 Å². The Labute approximate surface area is 214 Å². The van der Waals surface area contributed by atoms with Crippen LogP contribution in [0.4, 0.5) is 0 Å². The van der Waals surface area contributed by atoms with Gasteiger partial charge in [-0.1, -0.05) is 130 Å². The molecule has 6 unspecified atom stereocenters. The van der Waals surface area contributed by atoms with E-state index in [0.29, 0.717) is 10.8 Å². The Morgan fingerprint density at radius 3 is 2.15 bits per heavy atom. The van der Waals surface area contributed by atoms with Crippen LogP contribution in [0.3, 0.4) is 0 Å². The molecule has 4 saturated carbocycles. The molecule has 0 radical (unpaired) electrons. The van der Waals surface area contributed by atoms with Crippen molar-refractivity contribution in [2.45, 2.75) is 132 Å². The lowest BCUT2D eigenvalue weighted by Gasteiger charge is -2.57. The Morgan fingerprint density at radius 1 is 0.941 bits per heavy atom. The molecule has 5 rings (SSSR count). The minimum Gasteiger partial charge on any atom is -0.0996 e. The van der Waals surface area contributed by atoms with Gasteiger partial charge in [-0.2, -0.15) is 0 Å². The molecule has 0 N–H and O–H groups in total. The highest BCUT2D eigenvalue weighted by Crippen LogP contribution is 2.67. The van der Waals surface area contributed by atoms with Crippen LogP contribution in [-0.4, -0.2) is 0 Å². The third-order valence-electron chi connectivity index (χ3n) is 10.2. The SMILES string of the molecule is C.C1CCCCC1.C=C1C=CC2(C)C(=C1)CCC1C2CCC2(C)C(C(=C)CCC)CCC12.CC. The molecule has 0 saturated heterocycles. The summed E-state index contributed by atoms with van der Waals surface area (Å²) in [7, 11) is 0. The Balaban J connectivity index is 0.000000392. The summed E-state index contributed by atoms with van der Waals surface area (Å²) in [6.45, 7) is 20.1. The van der Waals surface area contributed by atoms with Crippen molar-refractivity contribution in [2.75, 3.05) is 0 Å². The van der Waals surface area contributed by atoms with Crippen molar-refractivity contribution >= 4 is 0 Å². The van der Waals surface area contributed by atoms with E-state index >= 15 is 0 Å². The van der Waals surface area contributed by atoms with E-state index in [2.05, 4.69) is 52.2 Å². The second-order valence-corrected chi connectivity index (χ2v) is 12.0. The summed E-state index contributed by atoms with van der Waals surface area (Å²) in [5, 5.41) is 0. The van der Waals surface area contributed by atoms with E-state index in [9.17, 15) is 0 Å². The molecule has 5 aliphatic rings. The maximum Gasteiger partial charge on any atom is 0.0100 e. The molecule has 0 spiro atoms. The van der Waals surface area contributed by atoms with Gasteiger partial charge in [0.25, 0.3) is 0 Å². The molecule has 194 valence electrons. The van der Waals surface area contributed by atoms with Crippen LogP contribution in [0.1, 0.15) is 132 Å². The summed E-state index contributed by atoms with van der Waals surface area (Å²) >= 11 is 0. The minimum absolute atomic E-state index is 0. The Bertz CT molecular complexity index is 720. The zero-order valence-electron chi connectivity index (χ0n) is 22.9. The highest BCUT2D eigenvalue weighted by molar-refractivity contribution is 5.43. The van der Waals surface area contributed by atoms with Crippen molar-refractivity contribution in [3.05, 3.63) is 48.1 Å². The smallest absolute Gasteiger partial charge is 0.0100 e. The first-order valence-electron chi connectivity index (χ1n) is 14.7. The zero-order valence-corrected chi connectivity index (χ0v) is 22.9. The Hall–Kier alpha value is -1.04. The minimum atomic E-state index is 0. The Kier molecular flexibility index (Phi) is 11.0. The number of hydrogen-bond donors (Lipinski definition) is 0. The summed E-state index contributed by atoms with van der Waals surface area (Å²) in [5.74, 6) is 3.45. The largest absolute Gasteiger partial charge is 0.0996 e. The van der Waals surface area contributed by atoms with Gasteiger partial charge >= 0.3 is 0 Å². The van der Waals surface area contributed by atoms with Crippen LogP contribution in [0.5, 0.6) is 0 Å². The molecule has 0 amide bonds. The Morgan fingerprint density at radius 2 is 1.56 bits per heavy atom. The monoisotopic (exact) mass is 466 g/mol. The lowest BCUT2D eigenvalue weighted by atomic mass is 9.47. The van der Waals surface area contributed by atoms with Gasteiger partial charge in [0, 0.05) is 5.41 Å². The molecule has 4 fully saturated rings. The van der Waals surface area contributed by atoms with Crippen molar-refractivity contribution in [2.24, 2.45) is 34.5 Å². The fourth-order valence-electron chi connectivity index (χ4n) is 8.50. The van der Waals surface area contributed by atoms with E-state index in [4.69, 9.17) is 0 Å². The standard InChI is InChI=1S/C25H36.C6H12.C2H6.CH4/c1-6-7-18(3)21-10-11-22-20-9-8-19-16-17(2)12-14-24(19,4)23(20)13-15-25(21,22)5;1-2-4-6-5-3-1;1-2;/h12,14,16,20-23H,2-3,6-11,13,15H2,1,4-5H3;1-6H2;1-2H3;1H4. The second-order valence-electron chi connectivity index (χ2n) is 12.0. The maximum absolute atomic E-state index is 4.52. The average molecular weight is 467 g/mol. The first-order chi connectivity index (χ1) is 15.9. The van der Waals surface area contributed by atoms with Crippen molar-refractivity contribution in [3.8, 4) is 0 Å². The fraction of sp³-hybridized carbons (Fsp3) is 0.765. The third kappa shape index (κ3) is 5.68. The fourth-order valence-corrected chi connectivity index (χ4v) is 8.50. The van der Waals surface area contributed by atoms with Gasteiger partial charge in [0.05, 0.1) is 0 Å². The van der Waals surface area contributed by atoms with Gasteiger partial charge in [0.15, 0.2) is 0 Å². The van der Waals surface area contributed by atoms with Crippen LogP contribution >= 0.6 is 0 Å². The van der Waals surface area contributed by atoms with Crippen LogP contribution in [0.2, 0.25) is 0 Å². The molecule has 0 aromatic rings. The van der Waals surface area contributed by atoms with Crippen LogP contribution < -0.4 is 0 Å². The molecule has 34 heavy (non-hydrogen) atoms.